The fourth-order valence-corrected chi connectivity index (χ4v) is 4.01. The molecule has 0 unspecified atom stereocenters. The van der Waals surface area contributed by atoms with Crippen molar-refractivity contribution < 1.29 is 27.9 Å². The van der Waals surface area contributed by atoms with E-state index in [4.69, 9.17) is 21.5 Å². The zero-order valence-corrected chi connectivity index (χ0v) is 18.3. The van der Waals surface area contributed by atoms with Gasteiger partial charge in [-0.3, -0.25) is 9.89 Å². The molecular formula is C23H21ClF3N3O3. The van der Waals surface area contributed by atoms with Crippen LogP contribution in [0.1, 0.15) is 29.7 Å². The number of H-pyrrole nitrogens is 1. The van der Waals surface area contributed by atoms with Crippen molar-refractivity contribution in [2.24, 2.45) is 0 Å². The van der Waals surface area contributed by atoms with Crippen LogP contribution in [0.5, 0.6) is 0 Å². The van der Waals surface area contributed by atoms with Crippen molar-refractivity contribution in [1.29, 1.82) is 0 Å². The molecule has 0 radical (unpaired) electrons. The number of aromatic amines is 1. The van der Waals surface area contributed by atoms with Gasteiger partial charge in [0.1, 0.15) is 0 Å². The number of alkyl halides is 3. The Bertz CT molecular complexity index is 1130. The van der Waals surface area contributed by atoms with Crippen LogP contribution in [0.4, 0.5) is 13.2 Å². The Morgan fingerprint density at radius 1 is 1.21 bits per heavy atom. The minimum absolute atomic E-state index is 0.0762. The molecule has 0 fully saturated rings. The Kier molecular flexibility index (Phi) is 7.43. The first-order valence-electron chi connectivity index (χ1n) is 10.0. The number of fused-ring (bicyclic) bond motifs is 1. The second-order valence-electron chi connectivity index (χ2n) is 7.44. The molecule has 2 aromatic carbocycles. The molecule has 2 N–H and O–H groups in total. The number of amides is 1. The number of carboxylic acids is 1. The van der Waals surface area contributed by atoms with Gasteiger partial charge in [0.25, 0.3) is 0 Å². The van der Waals surface area contributed by atoms with E-state index in [-0.39, 0.29) is 18.4 Å². The summed E-state index contributed by atoms with van der Waals surface area (Å²) in [5.74, 6) is -2.66. The van der Waals surface area contributed by atoms with Crippen LogP contribution in [0, 0.1) is 0 Å². The summed E-state index contributed by atoms with van der Waals surface area (Å²) in [5.41, 5.74) is 5.31. The summed E-state index contributed by atoms with van der Waals surface area (Å²) >= 11 is 6.45. The Labute approximate surface area is 193 Å². The number of nitrogens with one attached hydrogen (secondary N) is 1. The topological polar surface area (TPSA) is 86.3 Å². The van der Waals surface area contributed by atoms with E-state index >= 15 is 0 Å². The van der Waals surface area contributed by atoms with E-state index in [9.17, 15) is 18.0 Å². The molecule has 1 aromatic heterocycles. The normalized spacial score (nSPS) is 15.3. The fraction of sp³-hybridized carbons (Fsp3) is 0.261. The third-order valence-electron chi connectivity index (χ3n) is 5.41. The van der Waals surface area contributed by atoms with Crippen LogP contribution in [0.2, 0.25) is 5.02 Å². The van der Waals surface area contributed by atoms with Gasteiger partial charge in [0, 0.05) is 23.3 Å². The van der Waals surface area contributed by atoms with Crippen molar-refractivity contribution in [2.75, 3.05) is 6.54 Å². The maximum atomic E-state index is 13.1. The molecule has 1 amide bonds. The largest absolute Gasteiger partial charge is 0.490 e. The summed E-state index contributed by atoms with van der Waals surface area (Å²) in [6.07, 6.45) is -0.338. The monoisotopic (exact) mass is 479 g/mol. The highest BCUT2D eigenvalue weighted by atomic mass is 35.5. The summed E-state index contributed by atoms with van der Waals surface area (Å²) in [5, 5.41) is 14.6. The highest BCUT2D eigenvalue weighted by molar-refractivity contribution is 6.32. The summed E-state index contributed by atoms with van der Waals surface area (Å²) < 4.78 is 31.7. The number of nitrogens with zero attached hydrogens (tertiary/aromatic N) is 2. The van der Waals surface area contributed by atoms with Crippen LogP contribution in [0.15, 0.2) is 54.9 Å². The molecule has 1 atom stereocenters. The van der Waals surface area contributed by atoms with E-state index in [1.54, 1.807) is 6.20 Å². The van der Waals surface area contributed by atoms with Crippen LogP contribution in [0.3, 0.4) is 0 Å². The smallest absolute Gasteiger partial charge is 0.475 e. The van der Waals surface area contributed by atoms with E-state index in [0.717, 1.165) is 29.7 Å². The van der Waals surface area contributed by atoms with Gasteiger partial charge in [0.2, 0.25) is 5.91 Å². The van der Waals surface area contributed by atoms with Gasteiger partial charge >= 0.3 is 12.1 Å². The first-order chi connectivity index (χ1) is 15.6. The molecule has 1 aliphatic heterocycles. The molecule has 0 aliphatic carbocycles. The second kappa shape index (κ2) is 10.1. The number of hydrogen-bond acceptors (Lipinski definition) is 3. The predicted molar refractivity (Wildman–Crippen MR) is 117 cm³/mol. The Morgan fingerprint density at radius 2 is 1.91 bits per heavy atom. The molecule has 33 heavy (non-hydrogen) atoms. The van der Waals surface area contributed by atoms with Crippen LogP contribution < -0.4 is 0 Å². The highest BCUT2D eigenvalue weighted by Crippen LogP contribution is 2.33. The van der Waals surface area contributed by atoms with Gasteiger partial charge in [-0.1, -0.05) is 48.0 Å². The lowest BCUT2D eigenvalue weighted by molar-refractivity contribution is -0.192. The van der Waals surface area contributed by atoms with Crippen molar-refractivity contribution >= 4 is 23.5 Å². The quantitative estimate of drug-likeness (QED) is 0.550. The van der Waals surface area contributed by atoms with Crippen molar-refractivity contribution in [3.05, 3.63) is 76.6 Å². The molecule has 0 saturated carbocycles. The molecule has 0 saturated heterocycles. The van der Waals surface area contributed by atoms with E-state index in [2.05, 4.69) is 35.3 Å². The second-order valence-corrected chi connectivity index (χ2v) is 7.85. The molecule has 4 rings (SSSR count). The van der Waals surface area contributed by atoms with Crippen LogP contribution >= 0.6 is 11.6 Å². The molecular weight excluding hydrogens is 459 g/mol. The number of aliphatic carboxylic acids is 1. The van der Waals surface area contributed by atoms with Gasteiger partial charge < -0.3 is 10.0 Å². The molecule has 1 aliphatic rings. The molecule has 0 bridgehead atoms. The van der Waals surface area contributed by atoms with Crippen LogP contribution in [-0.2, 0) is 22.4 Å². The minimum atomic E-state index is -5.08. The Balaban J connectivity index is 0.000000383. The molecule has 174 valence electrons. The number of carbonyl (C=O) groups is 2. The van der Waals surface area contributed by atoms with E-state index in [1.165, 1.54) is 11.1 Å². The predicted octanol–water partition coefficient (Wildman–Crippen LogP) is 5.05. The molecule has 2 heterocycles. The van der Waals surface area contributed by atoms with Gasteiger partial charge in [-0.05, 0) is 41.7 Å². The number of carbonyl (C=O) groups excluding carboxylic acids is 1. The van der Waals surface area contributed by atoms with Gasteiger partial charge in [0.05, 0.1) is 18.7 Å². The number of halogens is 4. The number of benzene rings is 2. The maximum absolute atomic E-state index is 13.1. The lowest BCUT2D eigenvalue weighted by Gasteiger charge is -2.35. The fourth-order valence-electron chi connectivity index (χ4n) is 3.77. The molecule has 0 spiro atoms. The number of hydrogen-bond donors (Lipinski definition) is 2. The summed E-state index contributed by atoms with van der Waals surface area (Å²) in [6.45, 7) is 2.84. The van der Waals surface area contributed by atoms with Crippen molar-refractivity contribution in [3.63, 3.8) is 0 Å². The van der Waals surface area contributed by atoms with Crippen molar-refractivity contribution in [1.82, 2.24) is 15.1 Å². The average Bonchev–Trinajstić information content (AvgIpc) is 3.30. The number of aromatic nitrogens is 2. The SMILES string of the molecule is C[C@H]1c2ccccc2CCN1C(=O)Cc1c(Cl)cccc1-c1cn[nH]c1.O=C(O)C(F)(F)F. The number of rotatable bonds is 3. The van der Waals surface area contributed by atoms with Crippen LogP contribution in [-0.4, -0.2) is 44.8 Å². The Hall–Kier alpha value is -3.33. The van der Waals surface area contributed by atoms with Gasteiger partial charge in [0.15, 0.2) is 0 Å². The van der Waals surface area contributed by atoms with Gasteiger partial charge in [-0.2, -0.15) is 18.3 Å². The van der Waals surface area contributed by atoms with E-state index in [0.29, 0.717) is 5.02 Å². The third-order valence-corrected chi connectivity index (χ3v) is 5.77. The maximum Gasteiger partial charge on any atom is 0.490 e. The van der Waals surface area contributed by atoms with Crippen molar-refractivity contribution in [2.45, 2.75) is 32.0 Å². The number of carboxylic acid groups (broad SMARTS) is 1. The van der Waals surface area contributed by atoms with Crippen molar-refractivity contribution in [3.8, 4) is 11.1 Å². The van der Waals surface area contributed by atoms with Gasteiger partial charge in [-0.15, -0.1) is 0 Å². The zero-order valence-electron chi connectivity index (χ0n) is 17.6. The average molecular weight is 480 g/mol. The minimum Gasteiger partial charge on any atom is -0.475 e. The first kappa shape index (κ1) is 24.3. The lowest BCUT2D eigenvalue weighted by atomic mass is 9.92. The zero-order chi connectivity index (χ0) is 24.2. The summed E-state index contributed by atoms with van der Waals surface area (Å²) in [4.78, 5) is 24.0. The van der Waals surface area contributed by atoms with E-state index in [1.807, 2.05) is 35.4 Å². The molecule has 3 aromatic rings. The summed E-state index contributed by atoms with van der Waals surface area (Å²) in [6, 6.07) is 14.2. The lowest BCUT2D eigenvalue weighted by Crippen LogP contribution is -2.39. The summed E-state index contributed by atoms with van der Waals surface area (Å²) in [7, 11) is 0. The van der Waals surface area contributed by atoms with E-state index < -0.39 is 12.1 Å². The molecule has 6 nitrogen and oxygen atoms in total. The highest BCUT2D eigenvalue weighted by Gasteiger charge is 2.38. The standard InChI is InChI=1S/C21H20ClN3O.C2HF3O2/c1-14-17-6-3-2-5-15(17)9-10-25(14)21(26)11-19-18(7-4-8-20(19)22)16-12-23-24-13-16;3-2(4,5)1(6)7/h2-8,12-14H,9-11H2,1H3,(H,23,24);(H,6,7)/t14-;/m0./s1. The molecule has 10 heteroatoms. The Morgan fingerprint density at radius 3 is 2.55 bits per heavy atom. The third kappa shape index (κ3) is 5.73. The first-order valence-corrected chi connectivity index (χ1v) is 10.4. The van der Waals surface area contributed by atoms with Gasteiger partial charge in [-0.25, -0.2) is 4.79 Å². The van der Waals surface area contributed by atoms with Crippen LogP contribution in [0.25, 0.3) is 11.1 Å².